The first-order valence-corrected chi connectivity index (χ1v) is 13.7. The number of hydrogen-bond donors (Lipinski definition) is 0. The molecule has 0 amide bonds. The quantitative estimate of drug-likeness (QED) is 0.0541. The Morgan fingerprint density at radius 2 is 1.42 bits per heavy atom. The van der Waals surface area contributed by atoms with Crippen molar-refractivity contribution in [3.05, 3.63) is 10.4 Å². The van der Waals surface area contributed by atoms with Gasteiger partial charge < -0.3 is 18.9 Å². The molecule has 0 unspecified atom stereocenters. The van der Waals surface area contributed by atoms with Crippen LogP contribution in [0.3, 0.4) is 0 Å². The summed E-state index contributed by atoms with van der Waals surface area (Å²) in [5.74, 6) is -2.62. The van der Waals surface area contributed by atoms with E-state index in [2.05, 4.69) is 16.9 Å². The third-order valence-corrected chi connectivity index (χ3v) is 6.64. The maximum absolute atomic E-state index is 12.7. The lowest BCUT2D eigenvalue weighted by Crippen LogP contribution is -2.62. The van der Waals surface area contributed by atoms with Crippen LogP contribution in [0.5, 0.6) is 0 Å². The average Bonchev–Trinajstić information content (AvgIpc) is 2.77. The van der Waals surface area contributed by atoms with Crippen LogP contribution in [0, 0.1) is 0 Å². The van der Waals surface area contributed by atoms with Crippen LogP contribution in [0.15, 0.2) is 5.11 Å². The third kappa shape index (κ3) is 12.0. The van der Waals surface area contributed by atoms with Crippen LogP contribution in [-0.2, 0) is 47.6 Å². The molecular formula is C22H37N3O10S. The van der Waals surface area contributed by atoms with Crippen LogP contribution >= 0.6 is 0 Å². The van der Waals surface area contributed by atoms with Crippen molar-refractivity contribution >= 4 is 28.0 Å². The summed E-state index contributed by atoms with van der Waals surface area (Å²) in [6.45, 7) is 4.98. The lowest BCUT2D eigenvalue weighted by atomic mass is 9.98. The number of nitrogens with zero attached hydrogens (tertiary/aromatic N) is 3. The van der Waals surface area contributed by atoms with Gasteiger partial charge in [-0.3, -0.25) is 18.6 Å². The highest BCUT2D eigenvalue weighted by atomic mass is 32.2. The van der Waals surface area contributed by atoms with Crippen LogP contribution in [-0.4, -0.2) is 69.3 Å². The second-order valence-electron chi connectivity index (χ2n) is 8.52. The van der Waals surface area contributed by atoms with Crippen molar-refractivity contribution in [2.75, 3.05) is 12.4 Å². The van der Waals surface area contributed by atoms with E-state index in [1.807, 2.05) is 0 Å². The minimum atomic E-state index is -4.18. The summed E-state index contributed by atoms with van der Waals surface area (Å²) in [6.07, 6.45) is 0.124. The minimum Gasteiger partial charge on any atom is -0.463 e. The Labute approximate surface area is 211 Å². The summed E-state index contributed by atoms with van der Waals surface area (Å²) in [4.78, 5) is 37.5. The molecule has 1 saturated heterocycles. The summed E-state index contributed by atoms with van der Waals surface area (Å²) < 4.78 is 51.8. The van der Waals surface area contributed by atoms with E-state index in [4.69, 9.17) is 28.7 Å². The second-order valence-corrected chi connectivity index (χ2v) is 10.2. The molecule has 0 aliphatic carbocycles. The molecule has 1 heterocycles. The van der Waals surface area contributed by atoms with E-state index < -0.39 is 65.3 Å². The van der Waals surface area contributed by atoms with Crippen molar-refractivity contribution in [3.8, 4) is 0 Å². The smallest absolute Gasteiger partial charge is 0.303 e. The lowest BCUT2D eigenvalue weighted by Gasteiger charge is -2.43. The van der Waals surface area contributed by atoms with Gasteiger partial charge in [0.15, 0.2) is 18.4 Å². The Balaban J connectivity index is 3.03. The van der Waals surface area contributed by atoms with Gasteiger partial charge in [-0.05, 0) is 12.0 Å². The molecule has 1 fully saturated rings. The summed E-state index contributed by atoms with van der Waals surface area (Å²) in [5, 5.41) is 3.44. The maximum atomic E-state index is 12.7. The number of carbonyl (C=O) groups is 3. The van der Waals surface area contributed by atoms with Crippen molar-refractivity contribution in [1.82, 2.24) is 0 Å². The lowest BCUT2D eigenvalue weighted by molar-refractivity contribution is -0.240. The normalized spacial score (nSPS) is 23.8. The van der Waals surface area contributed by atoms with E-state index in [0.717, 1.165) is 52.9 Å². The van der Waals surface area contributed by atoms with Crippen LogP contribution in [0.4, 0.5) is 0 Å². The summed E-state index contributed by atoms with van der Waals surface area (Å²) >= 11 is 0. The molecule has 206 valence electrons. The first kappa shape index (κ1) is 31.6. The van der Waals surface area contributed by atoms with Gasteiger partial charge in [0.25, 0.3) is 10.1 Å². The first-order chi connectivity index (χ1) is 17.0. The molecule has 0 bridgehead atoms. The highest BCUT2D eigenvalue weighted by Crippen LogP contribution is 2.31. The summed E-state index contributed by atoms with van der Waals surface area (Å²) in [7, 11) is -4.18. The average molecular weight is 536 g/mol. The molecular weight excluding hydrogens is 498 g/mol. The zero-order valence-electron chi connectivity index (χ0n) is 21.3. The predicted molar refractivity (Wildman–Crippen MR) is 127 cm³/mol. The molecule has 1 aliphatic rings. The molecule has 0 radical (unpaired) electrons. The number of azide groups is 1. The van der Waals surface area contributed by atoms with Crippen molar-refractivity contribution in [2.24, 2.45) is 5.11 Å². The Kier molecular flexibility index (Phi) is 14.4. The van der Waals surface area contributed by atoms with Gasteiger partial charge in [-0.1, -0.05) is 57.0 Å². The van der Waals surface area contributed by atoms with Gasteiger partial charge in [0.05, 0.1) is 5.75 Å². The first-order valence-electron chi connectivity index (χ1n) is 12.1. The van der Waals surface area contributed by atoms with E-state index in [0.29, 0.717) is 12.8 Å². The molecule has 0 aromatic carbocycles. The number of unbranched alkanes of at least 4 members (excludes halogenated alkanes) is 7. The van der Waals surface area contributed by atoms with Gasteiger partial charge in [0.1, 0.15) is 18.8 Å². The van der Waals surface area contributed by atoms with E-state index in [9.17, 15) is 22.8 Å². The highest BCUT2D eigenvalue weighted by molar-refractivity contribution is 7.86. The van der Waals surface area contributed by atoms with Gasteiger partial charge in [0, 0.05) is 25.7 Å². The minimum absolute atomic E-state index is 0.316. The van der Waals surface area contributed by atoms with Crippen molar-refractivity contribution < 1.29 is 45.9 Å². The Hall–Kier alpha value is -2.41. The number of hydrogen-bond acceptors (Lipinski definition) is 11. The third-order valence-electron chi connectivity index (χ3n) is 5.34. The van der Waals surface area contributed by atoms with Gasteiger partial charge in [0.2, 0.25) is 0 Å². The fraction of sp³-hybridized carbons (Fsp3) is 0.864. The topological polar surface area (TPSA) is 180 Å². The molecule has 36 heavy (non-hydrogen) atoms. The van der Waals surface area contributed by atoms with Crippen LogP contribution < -0.4 is 0 Å². The maximum Gasteiger partial charge on any atom is 0.303 e. The standard InChI is InChI=1S/C22H37N3O10S/c1-5-6-7-8-9-10-11-12-13-36(29,30)35-21-20(33-17(4)28)19(32-16(3)27)18(14-31-15(2)26)34-22(21)24-25-23/h18-22H,5-14H2,1-4H3/t18-,19-,20+,21+,22+/m0/s1. The largest absolute Gasteiger partial charge is 0.463 e. The van der Waals surface area contributed by atoms with E-state index >= 15 is 0 Å². The van der Waals surface area contributed by atoms with Crippen molar-refractivity contribution in [2.45, 2.75) is 110 Å². The number of ether oxygens (including phenoxy) is 4. The van der Waals surface area contributed by atoms with Gasteiger partial charge >= 0.3 is 17.9 Å². The molecule has 0 aromatic heterocycles. The fourth-order valence-electron chi connectivity index (χ4n) is 3.76. The SMILES string of the molecule is CCCCCCCCCCS(=O)(=O)O[C@@H]1[C@H](OC(C)=O)[C@@H](OC(C)=O)[C@H](COC(C)=O)O[C@H]1N=[N+]=[N-]. The van der Waals surface area contributed by atoms with Crippen molar-refractivity contribution in [3.63, 3.8) is 0 Å². The van der Waals surface area contributed by atoms with E-state index in [1.54, 1.807) is 0 Å². The van der Waals surface area contributed by atoms with E-state index in [-0.39, 0.29) is 5.75 Å². The fourth-order valence-corrected chi connectivity index (χ4v) is 4.96. The molecule has 13 nitrogen and oxygen atoms in total. The molecule has 0 saturated carbocycles. The number of carbonyl (C=O) groups excluding carboxylic acids is 3. The Morgan fingerprint density at radius 1 is 0.861 bits per heavy atom. The molecule has 0 aromatic rings. The van der Waals surface area contributed by atoms with Crippen LogP contribution in [0.2, 0.25) is 0 Å². The zero-order valence-corrected chi connectivity index (χ0v) is 22.1. The molecule has 14 heteroatoms. The Morgan fingerprint density at radius 3 is 1.94 bits per heavy atom. The van der Waals surface area contributed by atoms with Crippen molar-refractivity contribution in [1.29, 1.82) is 0 Å². The predicted octanol–water partition coefficient (Wildman–Crippen LogP) is 3.30. The van der Waals surface area contributed by atoms with Crippen LogP contribution in [0.25, 0.3) is 10.4 Å². The monoisotopic (exact) mass is 535 g/mol. The number of esters is 3. The van der Waals surface area contributed by atoms with E-state index in [1.165, 1.54) is 6.42 Å². The zero-order chi connectivity index (χ0) is 27.1. The molecule has 1 aliphatic heterocycles. The summed E-state index contributed by atoms with van der Waals surface area (Å²) in [6, 6.07) is 0. The number of rotatable bonds is 16. The van der Waals surface area contributed by atoms with Gasteiger partial charge in [-0.2, -0.15) is 8.42 Å². The molecule has 1 rings (SSSR count). The van der Waals surface area contributed by atoms with Gasteiger partial charge in [-0.15, -0.1) is 0 Å². The highest BCUT2D eigenvalue weighted by Gasteiger charge is 2.52. The van der Waals surface area contributed by atoms with Gasteiger partial charge in [-0.25, -0.2) is 0 Å². The molecule has 5 atom stereocenters. The molecule has 0 spiro atoms. The van der Waals surface area contributed by atoms with Crippen LogP contribution in [0.1, 0.15) is 79.1 Å². The molecule has 0 N–H and O–H groups in total. The second kappa shape index (κ2) is 16.4. The summed E-state index contributed by atoms with van der Waals surface area (Å²) in [5.41, 5.74) is 8.99. The Bertz CT molecular complexity index is 875.